The molecule has 1 saturated heterocycles. The van der Waals surface area contributed by atoms with E-state index in [2.05, 4.69) is 5.10 Å². The number of nitrogens with zero attached hydrogens (tertiary/aromatic N) is 3. The summed E-state index contributed by atoms with van der Waals surface area (Å²) < 4.78 is 1.88. The molecule has 2 heterocycles. The quantitative estimate of drug-likeness (QED) is 0.640. The monoisotopic (exact) mass is 373 g/mol. The lowest BCUT2D eigenvalue weighted by Gasteiger charge is -2.23. The van der Waals surface area contributed by atoms with Gasteiger partial charge in [-0.1, -0.05) is 54.3 Å². The molecule has 0 radical (unpaired) electrons. The van der Waals surface area contributed by atoms with Crippen molar-refractivity contribution in [2.45, 2.75) is 12.5 Å². The summed E-state index contributed by atoms with van der Waals surface area (Å²) in [7, 11) is 1.78. The van der Waals surface area contributed by atoms with Crippen LogP contribution in [0.15, 0.2) is 47.6 Å². The lowest BCUT2D eigenvalue weighted by atomic mass is 10.0. The van der Waals surface area contributed by atoms with Gasteiger partial charge >= 0.3 is 5.97 Å². The Bertz CT molecular complexity index is 861. The third-order valence-electron chi connectivity index (χ3n) is 3.71. The highest BCUT2D eigenvalue weighted by molar-refractivity contribution is 8.26. The zero-order valence-electron chi connectivity index (χ0n) is 13.3. The number of carboxylic acids is 1. The number of carbonyl (C=O) groups excluding carboxylic acids is 1. The van der Waals surface area contributed by atoms with Gasteiger partial charge in [0, 0.05) is 25.2 Å². The second-order valence-corrected chi connectivity index (χ2v) is 7.22. The largest absolute Gasteiger partial charge is 0.480 e. The molecule has 1 aliphatic rings. The highest BCUT2D eigenvalue weighted by Crippen LogP contribution is 2.34. The van der Waals surface area contributed by atoms with E-state index in [1.165, 1.54) is 4.90 Å². The zero-order valence-corrected chi connectivity index (χ0v) is 15.0. The molecule has 3 rings (SSSR count). The first kappa shape index (κ1) is 17.4. The maximum Gasteiger partial charge on any atom is 0.327 e. The van der Waals surface area contributed by atoms with E-state index in [1.54, 1.807) is 30.2 Å². The summed E-state index contributed by atoms with van der Waals surface area (Å²) in [6, 6.07) is 8.16. The second-order valence-electron chi connectivity index (χ2n) is 5.54. The van der Waals surface area contributed by atoms with Crippen LogP contribution < -0.4 is 0 Å². The van der Waals surface area contributed by atoms with Crippen molar-refractivity contribution in [2.75, 3.05) is 0 Å². The van der Waals surface area contributed by atoms with E-state index in [9.17, 15) is 14.7 Å². The van der Waals surface area contributed by atoms with Crippen molar-refractivity contribution in [1.29, 1.82) is 0 Å². The molecule has 1 aromatic carbocycles. The third-order valence-corrected chi connectivity index (χ3v) is 5.05. The van der Waals surface area contributed by atoms with Gasteiger partial charge in [-0.15, -0.1) is 0 Å². The van der Waals surface area contributed by atoms with E-state index in [1.807, 2.05) is 30.3 Å². The molecule has 0 unspecified atom stereocenters. The van der Waals surface area contributed by atoms with Crippen LogP contribution >= 0.6 is 24.0 Å². The van der Waals surface area contributed by atoms with Crippen LogP contribution in [0.25, 0.3) is 6.08 Å². The standard InChI is InChI=1S/C17H15N3O3S2/c1-19-10-12(9-18-19)8-14-15(21)20(17(24)25-14)13(16(22)23)7-11-5-3-2-4-6-11/h2-6,8-10,13H,7H2,1H3,(H,22,23)/b14-8+/t13-/m1/s1. The number of carbonyl (C=O) groups is 2. The SMILES string of the molecule is Cn1cc(/C=C2/SC(=S)N([C@H](Cc3ccccc3)C(=O)O)C2=O)cn1. The Morgan fingerprint density at radius 3 is 2.72 bits per heavy atom. The number of hydrogen-bond acceptors (Lipinski definition) is 5. The van der Waals surface area contributed by atoms with Crippen LogP contribution in [-0.2, 0) is 23.1 Å². The Morgan fingerprint density at radius 1 is 1.40 bits per heavy atom. The fraction of sp³-hybridized carbons (Fsp3) is 0.176. The lowest BCUT2D eigenvalue weighted by molar-refractivity contribution is -0.145. The minimum atomic E-state index is -1.08. The predicted molar refractivity (Wildman–Crippen MR) is 99.8 cm³/mol. The van der Waals surface area contributed by atoms with Gasteiger partial charge in [-0.25, -0.2) is 4.79 Å². The lowest BCUT2D eigenvalue weighted by Crippen LogP contribution is -2.45. The van der Waals surface area contributed by atoms with Crippen LogP contribution in [0.1, 0.15) is 11.1 Å². The Labute approximate surface area is 154 Å². The van der Waals surface area contributed by atoms with Crippen LogP contribution in [0.2, 0.25) is 0 Å². The summed E-state index contributed by atoms with van der Waals surface area (Å²) in [6.07, 6.45) is 5.27. The average molecular weight is 373 g/mol. The van der Waals surface area contributed by atoms with Crippen LogP contribution in [0.4, 0.5) is 0 Å². The number of carboxylic acid groups (broad SMARTS) is 1. The molecular weight excluding hydrogens is 358 g/mol. The Kier molecular flexibility index (Phi) is 5.00. The van der Waals surface area contributed by atoms with Crippen molar-refractivity contribution in [3.05, 3.63) is 58.8 Å². The van der Waals surface area contributed by atoms with Crippen molar-refractivity contribution in [1.82, 2.24) is 14.7 Å². The van der Waals surface area contributed by atoms with Crippen LogP contribution in [0, 0.1) is 0 Å². The molecule has 1 amide bonds. The van der Waals surface area contributed by atoms with Gasteiger partial charge in [-0.05, 0) is 11.6 Å². The van der Waals surface area contributed by atoms with E-state index in [-0.39, 0.29) is 16.6 Å². The minimum Gasteiger partial charge on any atom is -0.480 e. The maximum absolute atomic E-state index is 12.7. The van der Waals surface area contributed by atoms with Crippen molar-refractivity contribution < 1.29 is 14.7 Å². The van der Waals surface area contributed by atoms with Gasteiger partial charge in [0.2, 0.25) is 0 Å². The number of thioether (sulfide) groups is 1. The molecule has 0 aliphatic carbocycles. The number of benzene rings is 1. The van der Waals surface area contributed by atoms with Crippen LogP contribution in [0.5, 0.6) is 0 Å². The molecule has 1 aliphatic heterocycles. The highest BCUT2D eigenvalue weighted by Gasteiger charge is 2.40. The number of aliphatic carboxylic acids is 1. The first-order valence-electron chi connectivity index (χ1n) is 7.48. The summed E-state index contributed by atoms with van der Waals surface area (Å²) in [4.78, 5) is 26.1. The van der Waals surface area contributed by atoms with Crippen molar-refractivity contribution >= 4 is 46.3 Å². The fourth-order valence-corrected chi connectivity index (χ4v) is 3.90. The van der Waals surface area contributed by atoms with Gasteiger partial charge in [0.15, 0.2) is 0 Å². The molecule has 128 valence electrons. The summed E-state index contributed by atoms with van der Waals surface area (Å²) in [5.74, 6) is -1.47. The summed E-state index contributed by atoms with van der Waals surface area (Å²) in [6.45, 7) is 0. The number of amides is 1. The summed E-state index contributed by atoms with van der Waals surface area (Å²) in [5, 5.41) is 13.7. The molecule has 1 fully saturated rings. The van der Waals surface area contributed by atoms with Crippen molar-refractivity contribution in [3.8, 4) is 0 Å². The molecular formula is C17H15N3O3S2. The van der Waals surface area contributed by atoms with E-state index in [0.717, 1.165) is 22.9 Å². The molecule has 0 spiro atoms. The number of rotatable bonds is 5. The van der Waals surface area contributed by atoms with E-state index in [4.69, 9.17) is 12.2 Å². The Balaban J connectivity index is 1.86. The first-order chi connectivity index (χ1) is 12.0. The second kappa shape index (κ2) is 7.20. The molecule has 8 heteroatoms. The number of aryl methyl sites for hydroxylation is 1. The van der Waals surface area contributed by atoms with Gasteiger partial charge in [0.1, 0.15) is 10.4 Å². The van der Waals surface area contributed by atoms with E-state index in [0.29, 0.717) is 4.91 Å². The highest BCUT2D eigenvalue weighted by atomic mass is 32.2. The molecule has 2 aromatic rings. The summed E-state index contributed by atoms with van der Waals surface area (Å²) >= 11 is 6.38. The fourth-order valence-electron chi connectivity index (χ4n) is 2.54. The van der Waals surface area contributed by atoms with Crippen LogP contribution in [-0.4, -0.2) is 42.0 Å². The maximum atomic E-state index is 12.7. The predicted octanol–water partition coefficient (Wildman–Crippen LogP) is 2.32. The van der Waals surface area contributed by atoms with Gasteiger partial charge < -0.3 is 5.11 Å². The normalized spacial score (nSPS) is 17.3. The smallest absolute Gasteiger partial charge is 0.327 e. The summed E-state index contributed by atoms with van der Waals surface area (Å²) in [5.41, 5.74) is 1.60. The Hall–Kier alpha value is -2.45. The molecule has 6 nitrogen and oxygen atoms in total. The van der Waals surface area contributed by atoms with Crippen molar-refractivity contribution in [3.63, 3.8) is 0 Å². The molecule has 1 aromatic heterocycles. The Morgan fingerprint density at radius 2 is 2.12 bits per heavy atom. The van der Waals surface area contributed by atoms with Gasteiger partial charge in [0.25, 0.3) is 5.91 Å². The number of thiocarbonyl (C=S) groups is 1. The molecule has 0 saturated carbocycles. The zero-order chi connectivity index (χ0) is 18.0. The molecule has 0 bridgehead atoms. The first-order valence-corrected chi connectivity index (χ1v) is 8.70. The minimum absolute atomic E-state index is 0.197. The van der Waals surface area contributed by atoms with Gasteiger partial charge in [0.05, 0.1) is 11.1 Å². The number of aromatic nitrogens is 2. The van der Waals surface area contributed by atoms with Gasteiger partial charge in [-0.3, -0.25) is 14.4 Å². The molecule has 25 heavy (non-hydrogen) atoms. The topological polar surface area (TPSA) is 75.4 Å². The van der Waals surface area contributed by atoms with E-state index < -0.39 is 12.0 Å². The number of hydrogen-bond donors (Lipinski definition) is 1. The van der Waals surface area contributed by atoms with E-state index >= 15 is 0 Å². The molecule has 1 N–H and O–H groups in total. The average Bonchev–Trinajstić information content (AvgIpc) is 3.10. The third kappa shape index (κ3) is 3.80. The van der Waals surface area contributed by atoms with Gasteiger partial charge in [-0.2, -0.15) is 5.10 Å². The van der Waals surface area contributed by atoms with Crippen LogP contribution in [0.3, 0.4) is 0 Å². The molecule has 1 atom stereocenters. The van der Waals surface area contributed by atoms with Crippen molar-refractivity contribution in [2.24, 2.45) is 7.05 Å².